The molecule has 0 aliphatic heterocycles. The molecule has 0 aromatic heterocycles. The monoisotopic (exact) mass is 486 g/mol. The van der Waals surface area contributed by atoms with Gasteiger partial charge in [0.1, 0.15) is 5.75 Å². The van der Waals surface area contributed by atoms with Gasteiger partial charge in [0, 0.05) is 16.7 Å². The van der Waals surface area contributed by atoms with Crippen molar-refractivity contribution in [2.75, 3.05) is 0 Å². The second kappa shape index (κ2) is 13.5. The van der Waals surface area contributed by atoms with Crippen molar-refractivity contribution in [1.29, 1.82) is 0 Å². The molecule has 2 fully saturated rings. The van der Waals surface area contributed by atoms with Gasteiger partial charge in [-0.1, -0.05) is 92.8 Å². The summed E-state index contributed by atoms with van der Waals surface area (Å²) in [6.07, 6.45) is 14.0. The summed E-state index contributed by atoms with van der Waals surface area (Å²) in [6.45, 7) is 1.38. The van der Waals surface area contributed by atoms with Crippen molar-refractivity contribution in [1.82, 2.24) is 0 Å². The van der Waals surface area contributed by atoms with E-state index < -0.39 is 0 Å². The average Bonchev–Trinajstić information content (AvgIpc) is 2.91. The number of esters is 1. The number of hydrogen-bond acceptors (Lipinski definition) is 3. The van der Waals surface area contributed by atoms with Crippen LogP contribution in [0.5, 0.6) is 5.75 Å². The largest absolute Gasteiger partial charge is 0.427 e. The molecule has 0 saturated heterocycles. The molecule has 2 aliphatic rings. The SMILES string of the molecule is CC(=O)Oc1ccccc1.c1cc(C2CCCCC2)ccc1Sc1ccc(C2CCCCC2)cc1. The zero-order valence-electron chi connectivity index (χ0n) is 21.0. The molecule has 184 valence electrons. The summed E-state index contributed by atoms with van der Waals surface area (Å²) in [6, 6.07) is 27.7. The minimum Gasteiger partial charge on any atom is -0.427 e. The van der Waals surface area contributed by atoms with Crippen LogP contribution in [-0.2, 0) is 4.79 Å². The van der Waals surface area contributed by atoms with E-state index in [9.17, 15) is 4.79 Å². The molecule has 0 bridgehead atoms. The fraction of sp³-hybridized carbons (Fsp3) is 0.406. The molecule has 0 radical (unpaired) electrons. The van der Waals surface area contributed by atoms with E-state index in [1.165, 1.54) is 80.9 Å². The molecular formula is C32H38O2S. The topological polar surface area (TPSA) is 26.3 Å². The smallest absolute Gasteiger partial charge is 0.308 e. The quantitative estimate of drug-likeness (QED) is 0.265. The zero-order chi connectivity index (χ0) is 24.3. The van der Waals surface area contributed by atoms with Crippen molar-refractivity contribution in [3.63, 3.8) is 0 Å². The van der Waals surface area contributed by atoms with Crippen molar-refractivity contribution in [3.05, 3.63) is 90.0 Å². The molecule has 0 atom stereocenters. The lowest BCUT2D eigenvalue weighted by Gasteiger charge is -2.22. The maximum Gasteiger partial charge on any atom is 0.308 e. The van der Waals surface area contributed by atoms with Gasteiger partial charge in [0.15, 0.2) is 0 Å². The predicted molar refractivity (Wildman–Crippen MR) is 146 cm³/mol. The fourth-order valence-electron chi connectivity index (χ4n) is 5.28. The lowest BCUT2D eigenvalue weighted by molar-refractivity contribution is -0.131. The lowest BCUT2D eigenvalue weighted by atomic mass is 9.84. The molecule has 2 aliphatic carbocycles. The van der Waals surface area contributed by atoms with Crippen LogP contribution in [0.3, 0.4) is 0 Å². The molecule has 2 saturated carbocycles. The minimum atomic E-state index is -0.286. The highest BCUT2D eigenvalue weighted by molar-refractivity contribution is 7.99. The van der Waals surface area contributed by atoms with Gasteiger partial charge in [-0.25, -0.2) is 0 Å². The van der Waals surface area contributed by atoms with Gasteiger partial charge in [0.2, 0.25) is 0 Å². The molecule has 3 heteroatoms. The van der Waals surface area contributed by atoms with E-state index in [0.29, 0.717) is 5.75 Å². The summed E-state index contributed by atoms with van der Waals surface area (Å²) in [4.78, 5) is 13.1. The van der Waals surface area contributed by atoms with Gasteiger partial charge < -0.3 is 4.74 Å². The highest BCUT2D eigenvalue weighted by atomic mass is 32.2. The molecular weight excluding hydrogens is 448 g/mol. The van der Waals surface area contributed by atoms with Gasteiger partial charge in [-0.15, -0.1) is 0 Å². The minimum absolute atomic E-state index is 0.286. The second-order valence-corrected chi connectivity index (χ2v) is 11.0. The van der Waals surface area contributed by atoms with Gasteiger partial charge in [-0.3, -0.25) is 4.79 Å². The third-order valence-corrected chi connectivity index (χ3v) is 8.17. The van der Waals surface area contributed by atoms with Crippen LogP contribution in [-0.4, -0.2) is 5.97 Å². The molecule has 3 aromatic carbocycles. The Kier molecular flexibility index (Phi) is 9.89. The number of carbonyl (C=O) groups is 1. The van der Waals surface area contributed by atoms with Crippen LogP contribution in [0, 0.1) is 0 Å². The predicted octanol–water partition coefficient (Wildman–Crippen LogP) is 9.55. The molecule has 0 unspecified atom stereocenters. The summed E-state index contributed by atoms with van der Waals surface area (Å²) >= 11 is 1.90. The van der Waals surface area contributed by atoms with E-state index in [-0.39, 0.29) is 5.97 Å². The van der Waals surface area contributed by atoms with E-state index in [1.807, 2.05) is 30.0 Å². The average molecular weight is 487 g/mol. The first-order valence-corrected chi connectivity index (χ1v) is 14.1. The lowest BCUT2D eigenvalue weighted by Crippen LogP contribution is -2.04. The Morgan fingerprint density at radius 1 is 0.629 bits per heavy atom. The van der Waals surface area contributed by atoms with Gasteiger partial charge >= 0.3 is 5.97 Å². The Morgan fingerprint density at radius 2 is 1.06 bits per heavy atom. The van der Waals surface area contributed by atoms with E-state index in [1.54, 1.807) is 23.3 Å². The molecule has 2 nitrogen and oxygen atoms in total. The summed E-state index contributed by atoms with van der Waals surface area (Å²) < 4.78 is 4.78. The summed E-state index contributed by atoms with van der Waals surface area (Å²) in [5.41, 5.74) is 3.10. The summed E-state index contributed by atoms with van der Waals surface area (Å²) in [7, 11) is 0. The Bertz CT molecular complexity index is 956. The van der Waals surface area contributed by atoms with Gasteiger partial charge in [0.05, 0.1) is 0 Å². The molecule has 0 amide bonds. The van der Waals surface area contributed by atoms with E-state index in [2.05, 4.69) is 48.5 Å². The first-order chi connectivity index (χ1) is 17.2. The van der Waals surface area contributed by atoms with E-state index in [4.69, 9.17) is 4.74 Å². The van der Waals surface area contributed by atoms with Gasteiger partial charge in [-0.05, 0) is 85.0 Å². The van der Waals surface area contributed by atoms with Crippen molar-refractivity contribution in [2.45, 2.75) is 92.8 Å². The van der Waals surface area contributed by atoms with Crippen LogP contribution in [0.4, 0.5) is 0 Å². The number of para-hydroxylation sites is 1. The van der Waals surface area contributed by atoms with Crippen LogP contribution >= 0.6 is 11.8 Å². The summed E-state index contributed by atoms with van der Waals surface area (Å²) in [5.74, 6) is 1.92. The van der Waals surface area contributed by atoms with Crippen molar-refractivity contribution in [2.24, 2.45) is 0 Å². The van der Waals surface area contributed by atoms with Crippen LogP contribution in [0.2, 0.25) is 0 Å². The molecule has 5 rings (SSSR count). The normalized spacial score (nSPS) is 16.7. The Morgan fingerprint density at radius 3 is 1.46 bits per heavy atom. The summed E-state index contributed by atoms with van der Waals surface area (Å²) in [5, 5.41) is 0. The third-order valence-electron chi connectivity index (χ3n) is 7.15. The van der Waals surface area contributed by atoms with Gasteiger partial charge in [-0.2, -0.15) is 0 Å². The molecule has 3 aromatic rings. The van der Waals surface area contributed by atoms with Crippen molar-refractivity contribution < 1.29 is 9.53 Å². The maximum absolute atomic E-state index is 10.4. The molecule has 35 heavy (non-hydrogen) atoms. The standard InChI is InChI=1S/C24H30S.C8H8O2/c1-3-7-19(8-4-1)21-11-15-23(16-12-21)25-24-17-13-22(14-18-24)20-9-5-2-6-10-20;1-7(9)10-8-5-3-2-4-6-8/h11-20H,1-10H2;2-6H,1H3. The van der Waals surface area contributed by atoms with Crippen LogP contribution in [0.1, 0.15) is 94.1 Å². The fourth-order valence-corrected chi connectivity index (χ4v) is 6.09. The first kappa shape index (κ1) is 25.6. The molecule has 0 heterocycles. The Balaban J connectivity index is 0.000000243. The number of rotatable bonds is 5. The number of carbonyl (C=O) groups excluding carboxylic acids is 1. The first-order valence-electron chi connectivity index (χ1n) is 13.3. The number of hydrogen-bond donors (Lipinski definition) is 0. The molecule has 0 spiro atoms. The second-order valence-electron chi connectivity index (χ2n) is 9.82. The van der Waals surface area contributed by atoms with E-state index in [0.717, 1.165) is 11.8 Å². The van der Waals surface area contributed by atoms with Crippen LogP contribution < -0.4 is 4.74 Å². The number of benzene rings is 3. The van der Waals surface area contributed by atoms with E-state index >= 15 is 0 Å². The Hall–Kier alpha value is -2.52. The van der Waals surface area contributed by atoms with Crippen LogP contribution in [0.15, 0.2) is 88.7 Å². The van der Waals surface area contributed by atoms with Crippen molar-refractivity contribution >= 4 is 17.7 Å². The number of ether oxygens (including phenoxy) is 1. The highest BCUT2D eigenvalue weighted by Crippen LogP contribution is 2.36. The zero-order valence-corrected chi connectivity index (χ0v) is 21.8. The Labute approximate surface area is 215 Å². The highest BCUT2D eigenvalue weighted by Gasteiger charge is 2.16. The third kappa shape index (κ3) is 8.28. The van der Waals surface area contributed by atoms with Crippen LogP contribution in [0.25, 0.3) is 0 Å². The molecule has 0 N–H and O–H groups in total. The van der Waals surface area contributed by atoms with Gasteiger partial charge in [0.25, 0.3) is 0 Å². The van der Waals surface area contributed by atoms with Crippen molar-refractivity contribution in [3.8, 4) is 5.75 Å². The maximum atomic E-state index is 10.4.